The van der Waals surface area contributed by atoms with Crippen LogP contribution in [-0.2, 0) is 0 Å². The Labute approximate surface area is 102 Å². The quantitative estimate of drug-likeness (QED) is 0.641. The Hall–Kier alpha value is -1.87. The molecule has 0 saturated carbocycles. The summed E-state index contributed by atoms with van der Waals surface area (Å²) in [4.78, 5) is 4.30. The lowest BCUT2D eigenvalue weighted by atomic mass is 10.2. The molecule has 0 spiro atoms. The first kappa shape index (κ1) is 10.3. The van der Waals surface area contributed by atoms with E-state index in [4.69, 9.17) is 16.0 Å². The van der Waals surface area contributed by atoms with Gasteiger partial charge in [-0.15, -0.1) is 0 Å². The highest BCUT2D eigenvalue weighted by atomic mass is 35.5. The number of para-hydroxylation sites is 2. The molecule has 0 radical (unpaired) electrons. The number of aromatic nitrogens is 1. The third-order valence-electron chi connectivity index (χ3n) is 2.46. The minimum atomic E-state index is -0.380. The highest BCUT2D eigenvalue weighted by molar-refractivity contribution is 6.33. The number of rotatable bonds is 1. The molecule has 2 aromatic carbocycles. The lowest BCUT2D eigenvalue weighted by Gasteiger charge is -1.98. The molecule has 84 valence electrons. The molecule has 1 heterocycles. The summed E-state index contributed by atoms with van der Waals surface area (Å²) < 4.78 is 18.5. The van der Waals surface area contributed by atoms with Crippen molar-refractivity contribution in [3.05, 3.63) is 53.3 Å². The van der Waals surface area contributed by atoms with Crippen LogP contribution in [0.15, 0.2) is 46.9 Å². The van der Waals surface area contributed by atoms with Crippen molar-refractivity contribution in [1.82, 2.24) is 4.98 Å². The summed E-state index contributed by atoms with van der Waals surface area (Å²) in [5.74, 6) is 0.0195. The molecule has 4 heteroatoms. The van der Waals surface area contributed by atoms with Gasteiger partial charge < -0.3 is 4.42 Å². The SMILES string of the molecule is Fc1ccc(-c2nc3ccccc3o2)c(Cl)c1. The van der Waals surface area contributed by atoms with E-state index in [1.54, 1.807) is 6.07 Å². The lowest BCUT2D eigenvalue weighted by Crippen LogP contribution is -1.81. The molecule has 0 fully saturated rings. The first-order valence-corrected chi connectivity index (χ1v) is 5.43. The second-order valence-corrected chi connectivity index (χ2v) is 4.02. The number of halogens is 2. The zero-order valence-electron chi connectivity index (χ0n) is 8.65. The summed E-state index contributed by atoms with van der Waals surface area (Å²) in [5, 5.41) is 0.288. The first-order valence-electron chi connectivity index (χ1n) is 5.05. The summed E-state index contributed by atoms with van der Waals surface area (Å²) in [5.41, 5.74) is 2.02. The molecular formula is C13H7ClFNO. The Morgan fingerprint density at radius 1 is 1.12 bits per heavy atom. The van der Waals surface area contributed by atoms with Gasteiger partial charge >= 0.3 is 0 Å². The van der Waals surface area contributed by atoms with E-state index < -0.39 is 0 Å². The van der Waals surface area contributed by atoms with Crippen LogP contribution < -0.4 is 0 Å². The number of benzene rings is 2. The molecule has 1 aromatic heterocycles. The Morgan fingerprint density at radius 3 is 2.71 bits per heavy atom. The molecule has 0 atom stereocenters. The topological polar surface area (TPSA) is 26.0 Å². The van der Waals surface area contributed by atoms with Gasteiger partial charge in [0.1, 0.15) is 11.3 Å². The fourth-order valence-corrected chi connectivity index (χ4v) is 1.90. The monoisotopic (exact) mass is 247 g/mol. The minimum Gasteiger partial charge on any atom is -0.436 e. The Balaban J connectivity index is 2.20. The molecule has 17 heavy (non-hydrogen) atoms. The Bertz CT molecular complexity index is 660. The van der Waals surface area contributed by atoms with Crippen LogP contribution in [0.3, 0.4) is 0 Å². The molecule has 0 aliphatic carbocycles. The van der Waals surface area contributed by atoms with Crippen molar-refractivity contribution in [3.63, 3.8) is 0 Å². The Morgan fingerprint density at radius 2 is 1.94 bits per heavy atom. The second kappa shape index (κ2) is 3.86. The van der Waals surface area contributed by atoms with Crippen LogP contribution in [0.1, 0.15) is 0 Å². The highest BCUT2D eigenvalue weighted by Crippen LogP contribution is 2.30. The van der Waals surface area contributed by atoms with Crippen molar-refractivity contribution in [2.45, 2.75) is 0 Å². The van der Waals surface area contributed by atoms with Gasteiger partial charge in [-0.25, -0.2) is 9.37 Å². The predicted octanol–water partition coefficient (Wildman–Crippen LogP) is 4.29. The number of hydrogen-bond donors (Lipinski definition) is 0. The van der Waals surface area contributed by atoms with Gasteiger partial charge in [-0.1, -0.05) is 23.7 Å². The van der Waals surface area contributed by atoms with E-state index in [1.165, 1.54) is 12.1 Å². The van der Waals surface area contributed by atoms with Gasteiger partial charge in [0.25, 0.3) is 0 Å². The van der Waals surface area contributed by atoms with Crippen LogP contribution in [0.25, 0.3) is 22.6 Å². The fourth-order valence-electron chi connectivity index (χ4n) is 1.65. The molecule has 0 bridgehead atoms. The predicted molar refractivity (Wildman–Crippen MR) is 64.4 cm³/mol. The summed E-state index contributed by atoms with van der Waals surface area (Å²) in [6.07, 6.45) is 0. The maximum atomic E-state index is 12.9. The van der Waals surface area contributed by atoms with E-state index in [0.717, 1.165) is 5.52 Å². The van der Waals surface area contributed by atoms with Crippen molar-refractivity contribution in [1.29, 1.82) is 0 Å². The van der Waals surface area contributed by atoms with Crippen molar-refractivity contribution in [3.8, 4) is 11.5 Å². The molecule has 3 aromatic rings. The minimum absolute atomic E-state index is 0.288. The molecule has 0 saturated heterocycles. The molecule has 2 nitrogen and oxygen atoms in total. The number of fused-ring (bicyclic) bond motifs is 1. The van der Waals surface area contributed by atoms with Gasteiger partial charge in [0.05, 0.1) is 10.6 Å². The highest BCUT2D eigenvalue weighted by Gasteiger charge is 2.11. The molecule has 0 unspecified atom stereocenters. The van der Waals surface area contributed by atoms with Crippen LogP contribution >= 0.6 is 11.6 Å². The zero-order valence-corrected chi connectivity index (χ0v) is 9.41. The molecule has 0 N–H and O–H groups in total. The van der Waals surface area contributed by atoms with E-state index >= 15 is 0 Å². The Kier molecular flexibility index (Phi) is 2.34. The average molecular weight is 248 g/mol. The molecular weight excluding hydrogens is 241 g/mol. The summed E-state index contributed by atoms with van der Waals surface area (Å²) in [6, 6.07) is 11.5. The van der Waals surface area contributed by atoms with Gasteiger partial charge in [0.2, 0.25) is 5.89 Å². The van der Waals surface area contributed by atoms with E-state index in [-0.39, 0.29) is 10.8 Å². The van der Waals surface area contributed by atoms with Crippen LogP contribution in [0, 0.1) is 5.82 Å². The van der Waals surface area contributed by atoms with Crippen LogP contribution in [0.5, 0.6) is 0 Å². The first-order chi connectivity index (χ1) is 8.24. The molecule has 0 aliphatic rings. The largest absolute Gasteiger partial charge is 0.436 e. The summed E-state index contributed by atoms with van der Waals surface area (Å²) in [7, 11) is 0. The van der Waals surface area contributed by atoms with Crippen LogP contribution in [0.4, 0.5) is 4.39 Å². The lowest BCUT2D eigenvalue weighted by molar-refractivity contribution is 0.616. The second-order valence-electron chi connectivity index (χ2n) is 3.61. The molecule has 0 amide bonds. The van der Waals surface area contributed by atoms with Crippen LogP contribution in [-0.4, -0.2) is 4.98 Å². The van der Waals surface area contributed by atoms with Crippen molar-refractivity contribution >= 4 is 22.7 Å². The smallest absolute Gasteiger partial charge is 0.228 e. The maximum Gasteiger partial charge on any atom is 0.228 e. The normalized spacial score (nSPS) is 10.9. The van der Waals surface area contributed by atoms with Gasteiger partial charge in [-0.2, -0.15) is 0 Å². The summed E-state index contributed by atoms with van der Waals surface area (Å²) in [6.45, 7) is 0. The fraction of sp³-hybridized carbons (Fsp3) is 0. The molecule has 3 rings (SSSR count). The van der Waals surface area contributed by atoms with Gasteiger partial charge in [0, 0.05) is 0 Å². The maximum absolute atomic E-state index is 12.9. The van der Waals surface area contributed by atoms with Crippen molar-refractivity contribution in [2.75, 3.05) is 0 Å². The van der Waals surface area contributed by atoms with E-state index in [2.05, 4.69) is 4.98 Å². The van der Waals surface area contributed by atoms with Gasteiger partial charge in [-0.05, 0) is 30.3 Å². The number of hydrogen-bond acceptors (Lipinski definition) is 2. The van der Waals surface area contributed by atoms with E-state index in [9.17, 15) is 4.39 Å². The average Bonchev–Trinajstić information content (AvgIpc) is 2.72. The van der Waals surface area contributed by atoms with Crippen molar-refractivity contribution < 1.29 is 8.81 Å². The summed E-state index contributed by atoms with van der Waals surface area (Å²) >= 11 is 5.95. The molecule has 0 aliphatic heterocycles. The van der Waals surface area contributed by atoms with Gasteiger partial charge in [0.15, 0.2) is 5.58 Å². The third-order valence-corrected chi connectivity index (χ3v) is 2.77. The van der Waals surface area contributed by atoms with E-state index in [1.807, 2.05) is 24.3 Å². The van der Waals surface area contributed by atoms with E-state index in [0.29, 0.717) is 17.0 Å². The standard InChI is InChI=1S/C13H7ClFNO/c14-10-7-8(15)5-6-9(10)13-16-11-3-1-2-4-12(11)17-13/h1-7H. The van der Waals surface area contributed by atoms with Crippen LogP contribution in [0.2, 0.25) is 5.02 Å². The number of oxazole rings is 1. The third kappa shape index (κ3) is 1.78. The number of nitrogens with zero attached hydrogens (tertiary/aromatic N) is 1. The van der Waals surface area contributed by atoms with Crippen molar-refractivity contribution in [2.24, 2.45) is 0 Å². The van der Waals surface area contributed by atoms with Gasteiger partial charge in [-0.3, -0.25) is 0 Å². The zero-order chi connectivity index (χ0) is 11.8.